The van der Waals surface area contributed by atoms with E-state index in [1.54, 1.807) is 0 Å². The Morgan fingerprint density at radius 3 is 2.59 bits per heavy atom. The monoisotopic (exact) mass is 306 g/mol. The number of hydrogen-bond acceptors (Lipinski definition) is 4. The molecule has 1 amide bonds. The Morgan fingerprint density at radius 1 is 1.23 bits per heavy atom. The van der Waals surface area contributed by atoms with E-state index in [1.807, 2.05) is 13.0 Å². The zero-order valence-electron chi connectivity index (χ0n) is 13.3. The second-order valence-electron chi connectivity index (χ2n) is 6.04. The molecule has 22 heavy (non-hydrogen) atoms. The summed E-state index contributed by atoms with van der Waals surface area (Å²) < 4.78 is 11.3. The molecule has 1 N–H and O–H groups in total. The summed E-state index contributed by atoms with van der Waals surface area (Å²) in [6.07, 6.45) is 10.5. The molecule has 2 unspecified atom stereocenters. The smallest absolute Gasteiger partial charge is 0.265 e. The van der Waals surface area contributed by atoms with Crippen molar-refractivity contribution in [3.05, 3.63) is 11.8 Å². The molecule has 0 spiro atoms. The first-order chi connectivity index (χ1) is 10.7. The number of carbonyl (C=O) groups is 1. The molecular weight excluding hydrogens is 280 g/mol. The molecule has 5 nitrogen and oxygen atoms in total. The first-order valence-electron chi connectivity index (χ1n) is 8.42. The molecule has 0 bridgehead atoms. The van der Waals surface area contributed by atoms with Gasteiger partial charge in [-0.3, -0.25) is 4.79 Å². The summed E-state index contributed by atoms with van der Waals surface area (Å²) in [6.45, 7) is 2.26. The quantitative estimate of drug-likeness (QED) is 0.465. The van der Waals surface area contributed by atoms with Crippen molar-refractivity contribution in [1.82, 2.24) is 5.32 Å². The molecule has 2 fully saturated rings. The van der Waals surface area contributed by atoms with E-state index >= 15 is 0 Å². The van der Waals surface area contributed by atoms with E-state index in [1.165, 1.54) is 19.1 Å². The maximum atomic E-state index is 12.2. The highest BCUT2D eigenvalue weighted by molar-refractivity contribution is 5.97. The molecule has 2 saturated carbocycles. The predicted molar refractivity (Wildman–Crippen MR) is 82.8 cm³/mol. The van der Waals surface area contributed by atoms with Crippen LogP contribution < -0.4 is 5.32 Å². The average molecular weight is 306 g/mol. The lowest BCUT2D eigenvalue weighted by Crippen LogP contribution is -2.47. The standard InChI is InChI=1S/C17H26N2O3/c1-2-21-12-13(11-18)17(20)19-15-9-5-6-10-16(15)22-14-7-3-4-8-14/h12,14-16H,2-10H2,1H3,(H,19,20)/b13-12-. The van der Waals surface area contributed by atoms with Crippen LogP contribution in [0.25, 0.3) is 0 Å². The maximum Gasteiger partial charge on any atom is 0.265 e. The minimum atomic E-state index is -0.358. The van der Waals surface area contributed by atoms with E-state index in [0.29, 0.717) is 12.7 Å². The zero-order valence-corrected chi connectivity index (χ0v) is 13.3. The summed E-state index contributed by atoms with van der Waals surface area (Å²) in [5.41, 5.74) is 0.0204. The van der Waals surface area contributed by atoms with E-state index in [2.05, 4.69) is 5.32 Å². The van der Waals surface area contributed by atoms with Crippen LogP contribution in [0.5, 0.6) is 0 Å². The number of rotatable bonds is 6. The molecule has 0 radical (unpaired) electrons. The number of amides is 1. The summed E-state index contributed by atoms with van der Waals surface area (Å²) in [5.74, 6) is -0.358. The van der Waals surface area contributed by atoms with Crippen LogP contribution in [0.4, 0.5) is 0 Å². The fraction of sp³-hybridized carbons (Fsp3) is 0.765. The number of nitriles is 1. The van der Waals surface area contributed by atoms with E-state index in [-0.39, 0.29) is 23.6 Å². The molecule has 0 aliphatic heterocycles. The topological polar surface area (TPSA) is 71.3 Å². The van der Waals surface area contributed by atoms with Crippen LogP contribution >= 0.6 is 0 Å². The van der Waals surface area contributed by atoms with E-state index in [9.17, 15) is 4.79 Å². The molecule has 0 saturated heterocycles. The van der Waals surface area contributed by atoms with Crippen molar-refractivity contribution >= 4 is 5.91 Å². The maximum absolute atomic E-state index is 12.2. The molecule has 0 heterocycles. The van der Waals surface area contributed by atoms with E-state index in [4.69, 9.17) is 14.7 Å². The molecule has 2 rings (SSSR count). The summed E-state index contributed by atoms with van der Waals surface area (Å²) >= 11 is 0. The minimum absolute atomic E-state index is 0.000210. The Kier molecular flexibility index (Phi) is 6.73. The van der Waals surface area contributed by atoms with Crippen molar-refractivity contribution in [3.8, 4) is 6.07 Å². The second kappa shape index (κ2) is 8.79. The van der Waals surface area contributed by atoms with Crippen LogP contribution in [0.15, 0.2) is 11.8 Å². The van der Waals surface area contributed by atoms with Crippen LogP contribution in [0, 0.1) is 11.3 Å². The van der Waals surface area contributed by atoms with Crippen molar-refractivity contribution in [2.75, 3.05) is 6.61 Å². The molecule has 5 heteroatoms. The van der Waals surface area contributed by atoms with Gasteiger partial charge in [-0.25, -0.2) is 0 Å². The Labute approximate surface area is 132 Å². The summed E-state index contributed by atoms with van der Waals surface area (Å²) in [5, 5.41) is 12.0. The lowest BCUT2D eigenvalue weighted by atomic mass is 9.92. The summed E-state index contributed by atoms with van der Waals surface area (Å²) in [6, 6.07) is 1.90. The van der Waals surface area contributed by atoms with Crippen LogP contribution in [-0.4, -0.2) is 30.8 Å². The normalized spacial score (nSPS) is 26.5. The van der Waals surface area contributed by atoms with Crippen LogP contribution in [0.1, 0.15) is 58.3 Å². The van der Waals surface area contributed by atoms with Gasteiger partial charge in [-0.2, -0.15) is 5.26 Å². The summed E-state index contributed by atoms with van der Waals surface area (Å²) in [7, 11) is 0. The zero-order chi connectivity index (χ0) is 15.8. The molecule has 122 valence electrons. The SMILES string of the molecule is CCO/C=C(/C#N)C(=O)NC1CCCCC1OC1CCCC1. The second-order valence-corrected chi connectivity index (χ2v) is 6.04. The van der Waals surface area contributed by atoms with Gasteiger partial charge < -0.3 is 14.8 Å². The molecule has 0 aromatic rings. The number of nitrogens with one attached hydrogen (secondary N) is 1. The number of carbonyl (C=O) groups excluding carboxylic acids is 1. The van der Waals surface area contributed by atoms with Gasteiger partial charge in [0, 0.05) is 0 Å². The van der Waals surface area contributed by atoms with Crippen molar-refractivity contribution in [2.45, 2.75) is 76.5 Å². The third kappa shape index (κ3) is 4.74. The molecular formula is C17H26N2O3. The first kappa shape index (κ1) is 16.8. The molecule has 2 aliphatic carbocycles. The predicted octanol–water partition coefficient (Wildman–Crippen LogP) is 2.82. The van der Waals surface area contributed by atoms with Gasteiger partial charge >= 0.3 is 0 Å². The lowest BCUT2D eigenvalue weighted by molar-refractivity contribution is -0.120. The number of nitrogens with zero attached hydrogens (tertiary/aromatic N) is 1. The molecule has 2 aliphatic rings. The van der Waals surface area contributed by atoms with Gasteiger partial charge in [-0.1, -0.05) is 25.7 Å². The Bertz CT molecular complexity index is 436. The highest BCUT2D eigenvalue weighted by Crippen LogP contribution is 2.28. The number of ether oxygens (including phenoxy) is 2. The minimum Gasteiger partial charge on any atom is -0.500 e. The highest BCUT2D eigenvalue weighted by Gasteiger charge is 2.31. The summed E-state index contributed by atoms with van der Waals surface area (Å²) in [4.78, 5) is 12.2. The highest BCUT2D eigenvalue weighted by atomic mass is 16.5. The molecule has 0 aromatic carbocycles. The van der Waals surface area contributed by atoms with Gasteiger partial charge in [0.25, 0.3) is 5.91 Å². The molecule has 0 aromatic heterocycles. The average Bonchev–Trinajstić information content (AvgIpc) is 3.03. The number of hydrogen-bond donors (Lipinski definition) is 1. The van der Waals surface area contributed by atoms with Gasteiger partial charge in [0.15, 0.2) is 5.57 Å². The third-order valence-corrected chi connectivity index (χ3v) is 4.42. The van der Waals surface area contributed by atoms with Crippen LogP contribution in [0.2, 0.25) is 0 Å². The van der Waals surface area contributed by atoms with Gasteiger partial charge in [0.05, 0.1) is 24.9 Å². The van der Waals surface area contributed by atoms with E-state index in [0.717, 1.165) is 38.5 Å². The van der Waals surface area contributed by atoms with Crippen molar-refractivity contribution in [1.29, 1.82) is 5.26 Å². The van der Waals surface area contributed by atoms with Crippen molar-refractivity contribution in [2.24, 2.45) is 0 Å². The van der Waals surface area contributed by atoms with Gasteiger partial charge in [0.2, 0.25) is 0 Å². The fourth-order valence-electron chi connectivity index (χ4n) is 3.24. The van der Waals surface area contributed by atoms with Gasteiger partial charge in [0.1, 0.15) is 12.3 Å². The third-order valence-electron chi connectivity index (χ3n) is 4.42. The molecule has 2 atom stereocenters. The van der Waals surface area contributed by atoms with Crippen LogP contribution in [-0.2, 0) is 14.3 Å². The first-order valence-corrected chi connectivity index (χ1v) is 8.42. The van der Waals surface area contributed by atoms with Gasteiger partial charge in [-0.15, -0.1) is 0 Å². The van der Waals surface area contributed by atoms with Crippen LogP contribution in [0.3, 0.4) is 0 Å². The Balaban J connectivity index is 1.92. The van der Waals surface area contributed by atoms with E-state index < -0.39 is 0 Å². The lowest BCUT2D eigenvalue weighted by Gasteiger charge is -2.34. The Morgan fingerprint density at radius 2 is 1.91 bits per heavy atom. The van der Waals surface area contributed by atoms with Gasteiger partial charge in [-0.05, 0) is 32.6 Å². The largest absolute Gasteiger partial charge is 0.500 e. The fourth-order valence-corrected chi connectivity index (χ4v) is 3.24. The Hall–Kier alpha value is -1.54. The van der Waals surface area contributed by atoms with Crippen molar-refractivity contribution in [3.63, 3.8) is 0 Å². The van der Waals surface area contributed by atoms with Crippen molar-refractivity contribution < 1.29 is 14.3 Å².